The van der Waals surface area contributed by atoms with E-state index in [-0.39, 0.29) is 11.8 Å². The van der Waals surface area contributed by atoms with Gasteiger partial charge in [0.1, 0.15) is 5.58 Å². The third-order valence-electron chi connectivity index (χ3n) is 6.32. The molecule has 0 radical (unpaired) electrons. The van der Waals surface area contributed by atoms with Crippen LogP contribution in [-0.4, -0.2) is 42.9 Å². The molecule has 1 N–H and O–H groups in total. The number of anilines is 2. The molecule has 0 aliphatic carbocycles. The highest BCUT2D eigenvalue weighted by atomic mass is 16.3. The second-order valence-electron chi connectivity index (χ2n) is 8.48. The number of hydrogen-bond donors (Lipinski definition) is 1. The van der Waals surface area contributed by atoms with Gasteiger partial charge in [-0.25, -0.2) is 0 Å². The maximum atomic E-state index is 12.9. The highest BCUT2D eigenvalue weighted by Crippen LogP contribution is 2.23. The first-order valence-corrected chi connectivity index (χ1v) is 11.6. The maximum Gasteiger partial charge on any atom is 0.289 e. The fraction of sp³-hybridized carbons (Fsp3) is 0.214. The SMILES string of the molecule is CCc1ccc(C(=O)Nc2ccc(N3CCN(C(=O)c4cc5ccccc5o4)CC3)cc2)cc1. The molecule has 3 aromatic carbocycles. The predicted octanol–water partition coefficient (Wildman–Crippen LogP) is 5.21. The number of aryl methyl sites for hydroxylation is 1. The van der Waals surface area contributed by atoms with E-state index in [0.717, 1.165) is 41.9 Å². The Morgan fingerprint density at radius 3 is 2.26 bits per heavy atom. The van der Waals surface area contributed by atoms with E-state index in [1.165, 1.54) is 5.56 Å². The summed E-state index contributed by atoms with van der Waals surface area (Å²) in [6.45, 7) is 4.82. The van der Waals surface area contributed by atoms with Crippen molar-refractivity contribution >= 4 is 34.2 Å². The number of rotatable bonds is 5. The zero-order valence-electron chi connectivity index (χ0n) is 19.2. The fourth-order valence-electron chi connectivity index (χ4n) is 4.26. The van der Waals surface area contributed by atoms with Gasteiger partial charge in [0.25, 0.3) is 11.8 Å². The van der Waals surface area contributed by atoms with Crippen molar-refractivity contribution in [2.45, 2.75) is 13.3 Å². The molecule has 1 aliphatic heterocycles. The minimum absolute atomic E-state index is 0.0686. The molecule has 34 heavy (non-hydrogen) atoms. The lowest BCUT2D eigenvalue weighted by atomic mass is 10.1. The van der Waals surface area contributed by atoms with Crippen LogP contribution < -0.4 is 10.2 Å². The van der Waals surface area contributed by atoms with Gasteiger partial charge >= 0.3 is 0 Å². The van der Waals surface area contributed by atoms with Crippen molar-refractivity contribution in [1.82, 2.24) is 4.90 Å². The monoisotopic (exact) mass is 453 g/mol. The summed E-state index contributed by atoms with van der Waals surface area (Å²) in [5.74, 6) is 0.202. The van der Waals surface area contributed by atoms with E-state index >= 15 is 0 Å². The summed E-state index contributed by atoms with van der Waals surface area (Å²) in [6.07, 6.45) is 0.950. The van der Waals surface area contributed by atoms with Crippen molar-refractivity contribution in [3.63, 3.8) is 0 Å². The number of para-hydroxylation sites is 1. The molecular formula is C28H27N3O3. The second-order valence-corrected chi connectivity index (χ2v) is 8.48. The molecule has 6 heteroatoms. The minimum atomic E-state index is -0.117. The molecular weight excluding hydrogens is 426 g/mol. The summed E-state index contributed by atoms with van der Waals surface area (Å²) in [6, 6.07) is 25.0. The van der Waals surface area contributed by atoms with Gasteiger partial charge in [-0.2, -0.15) is 0 Å². The van der Waals surface area contributed by atoms with Gasteiger partial charge in [0.15, 0.2) is 5.76 Å². The standard InChI is InChI=1S/C28H27N3O3/c1-2-20-7-9-21(10-8-20)27(32)29-23-11-13-24(14-12-23)30-15-17-31(18-16-30)28(33)26-19-22-5-3-4-6-25(22)34-26/h3-14,19H,2,15-18H2,1H3,(H,29,32). The van der Waals surface area contributed by atoms with Crippen molar-refractivity contribution in [1.29, 1.82) is 0 Å². The molecule has 0 bridgehead atoms. The smallest absolute Gasteiger partial charge is 0.289 e. The third-order valence-corrected chi connectivity index (χ3v) is 6.32. The quantitative estimate of drug-likeness (QED) is 0.451. The molecule has 0 saturated carbocycles. The third kappa shape index (κ3) is 4.53. The van der Waals surface area contributed by atoms with Crippen molar-refractivity contribution in [2.24, 2.45) is 0 Å². The molecule has 1 saturated heterocycles. The van der Waals surface area contributed by atoms with Crippen LogP contribution in [0.5, 0.6) is 0 Å². The van der Waals surface area contributed by atoms with Crippen LogP contribution in [0.15, 0.2) is 83.3 Å². The first kappa shape index (κ1) is 21.8. The van der Waals surface area contributed by atoms with Gasteiger partial charge < -0.3 is 19.5 Å². The van der Waals surface area contributed by atoms with Crippen LogP contribution in [0.25, 0.3) is 11.0 Å². The number of carbonyl (C=O) groups excluding carboxylic acids is 2. The van der Waals surface area contributed by atoms with Crippen LogP contribution in [0.1, 0.15) is 33.4 Å². The number of nitrogens with one attached hydrogen (secondary N) is 1. The molecule has 0 unspecified atom stereocenters. The lowest BCUT2D eigenvalue weighted by Gasteiger charge is -2.35. The summed E-state index contributed by atoms with van der Waals surface area (Å²) < 4.78 is 5.74. The number of carbonyl (C=O) groups is 2. The molecule has 2 heterocycles. The largest absolute Gasteiger partial charge is 0.451 e. The highest BCUT2D eigenvalue weighted by molar-refractivity contribution is 6.04. The Kier molecular flexibility index (Phi) is 6.04. The van der Waals surface area contributed by atoms with E-state index in [2.05, 4.69) is 17.1 Å². The minimum Gasteiger partial charge on any atom is -0.451 e. The van der Waals surface area contributed by atoms with Crippen LogP contribution >= 0.6 is 0 Å². The van der Waals surface area contributed by atoms with Crippen LogP contribution in [-0.2, 0) is 6.42 Å². The van der Waals surface area contributed by atoms with Crippen LogP contribution in [0.4, 0.5) is 11.4 Å². The molecule has 0 atom stereocenters. The number of fused-ring (bicyclic) bond motifs is 1. The molecule has 2 amide bonds. The Morgan fingerprint density at radius 2 is 1.59 bits per heavy atom. The first-order chi connectivity index (χ1) is 16.6. The number of amides is 2. The van der Waals surface area contributed by atoms with Crippen molar-refractivity contribution < 1.29 is 14.0 Å². The Hall–Kier alpha value is -4.06. The molecule has 6 nitrogen and oxygen atoms in total. The van der Waals surface area contributed by atoms with Crippen molar-refractivity contribution in [2.75, 3.05) is 36.4 Å². The zero-order chi connectivity index (χ0) is 23.5. The number of furan rings is 1. The van der Waals surface area contributed by atoms with E-state index in [9.17, 15) is 9.59 Å². The lowest BCUT2D eigenvalue weighted by Crippen LogP contribution is -2.48. The molecule has 5 rings (SSSR count). The van der Waals surface area contributed by atoms with E-state index < -0.39 is 0 Å². The number of benzene rings is 3. The van der Waals surface area contributed by atoms with E-state index in [0.29, 0.717) is 24.4 Å². The summed E-state index contributed by atoms with van der Waals surface area (Å²) in [7, 11) is 0. The fourth-order valence-corrected chi connectivity index (χ4v) is 4.26. The molecule has 1 aliphatic rings. The highest BCUT2D eigenvalue weighted by Gasteiger charge is 2.24. The average Bonchev–Trinajstić information content (AvgIpc) is 3.33. The summed E-state index contributed by atoms with van der Waals surface area (Å²) in [5, 5.41) is 3.90. The predicted molar refractivity (Wildman–Crippen MR) is 135 cm³/mol. The summed E-state index contributed by atoms with van der Waals surface area (Å²) in [5.41, 5.74) is 4.41. The normalized spacial score (nSPS) is 13.8. The van der Waals surface area contributed by atoms with Crippen molar-refractivity contribution in [3.8, 4) is 0 Å². The van der Waals surface area contributed by atoms with Gasteiger partial charge in [0.05, 0.1) is 0 Å². The van der Waals surface area contributed by atoms with E-state index in [4.69, 9.17) is 4.42 Å². The summed E-state index contributed by atoms with van der Waals surface area (Å²) in [4.78, 5) is 29.5. The molecule has 0 spiro atoms. The van der Waals surface area contributed by atoms with Crippen LogP contribution in [0.3, 0.4) is 0 Å². The summed E-state index contributed by atoms with van der Waals surface area (Å²) >= 11 is 0. The molecule has 1 fully saturated rings. The Bertz CT molecular complexity index is 1270. The number of nitrogens with zero attached hydrogens (tertiary/aromatic N) is 2. The Morgan fingerprint density at radius 1 is 0.882 bits per heavy atom. The van der Waals surface area contributed by atoms with Gasteiger partial charge in [-0.3, -0.25) is 9.59 Å². The Labute approximate surface area is 198 Å². The van der Waals surface area contributed by atoms with Crippen molar-refractivity contribution in [3.05, 3.63) is 95.7 Å². The topological polar surface area (TPSA) is 65.8 Å². The maximum absolute atomic E-state index is 12.9. The Balaban J connectivity index is 1.17. The van der Waals surface area contributed by atoms with Crippen LogP contribution in [0.2, 0.25) is 0 Å². The lowest BCUT2D eigenvalue weighted by molar-refractivity contribution is 0.0717. The first-order valence-electron chi connectivity index (χ1n) is 11.6. The van der Waals surface area contributed by atoms with Gasteiger partial charge in [0, 0.05) is 48.5 Å². The number of piperazine rings is 1. The molecule has 4 aromatic rings. The number of hydrogen-bond acceptors (Lipinski definition) is 4. The van der Waals surface area contributed by atoms with Gasteiger partial charge in [-0.05, 0) is 60.5 Å². The van der Waals surface area contributed by atoms with Crippen LogP contribution in [0, 0.1) is 0 Å². The molecule has 172 valence electrons. The van der Waals surface area contributed by atoms with E-state index in [1.54, 1.807) is 0 Å². The van der Waals surface area contributed by atoms with Gasteiger partial charge in [0.2, 0.25) is 0 Å². The van der Waals surface area contributed by atoms with Gasteiger partial charge in [-0.15, -0.1) is 0 Å². The zero-order valence-corrected chi connectivity index (χ0v) is 19.2. The van der Waals surface area contributed by atoms with E-state index in [1.807, 2.05) is 83.8 Å². The second kappa shape index (κ2) is 9.43. The molecule has 1 aromatic heterocycles. The average molecular weight is 454 g/mol. The van der Waals surface area contributed by atoms with Gasteiger partial charge in [-0.1, -0.05) is 37.3 Å².